The summed E-state index contributed by atoms with van der Waals surface area (Å²) in [5.74, 6) is 5.78. The van der Waals surface area contributed by atoms with E-state index in [1.165, 1.54) is 52.9 Å². The van der Waals surface area contributed by atoms with Crippen molar-refractivity contribution < 1.29 is 0 Å². The van der Waals surface area contributed by atoms with Gasteiger partial charge < -0.3 is 0 Å². The fourth-order valence-electron chi connectivity index (χ4n) is 2.75. The van der Waals surface area contributed by atoms with Crippen LogP contribution < -0.4 is 5.84 Å². The number of hydrazine groups is 1. The number of fused-ring (bicyclic) bond motifs is 1. The predicted octanol–water partition coefficient (Wildman–Crippen LogP) is 3.95. The maximum Gasteiger partial charge on any atom is 0.120 e. The van der Waals surface area contributed by atoms with Crippen molar-refractivity contribution in [2.24, 2.45) is 5.84 Å². The predicted molar refractivity (Wildman–Crippen MR) is 86.3 cm³/mol. The van der Waals surface area contributed by atoms with Gasteiger partial charge in [-0.05, 0) is 42.9 Å². The van der Waals surface area contributed by atoms with E-state index in [0.29, 0.717) is 0 Å². The van der Waals surface area contributed by atoms with Crippen LogP contribution in [-0.4, -0.2) is 17.0 Å². The highest BCUT2D eigenvalue weighted by Gasteiger charge is 2.13. The molecule has 0 fully saturated rings. The second kappa shape index (κ2) is 6.04. The molecule has 0 saturated heterocycles. The number of benzene rings is 1. The molecule has 0 unspecified atom stereocenters. The summed E-state index contributed by atoms with van der Waals surface area (Å²) in [6.45, 7) is 0.736. The van der Waals surface area contributed by atoms with Crippen LogP contribution >= 0.6 is 11.3 Å². The van der Waals surface area contributed by atoms with Gasteiger partial charge in [0.05, 0.1) is 10.2 Å². The van der Waals surface area contributed by atoms with Crippen LogP contribution in [0, 0.1) is 0 Å². The fraction of sp³-hybridized carbons (Fsp3) is 0.438. The van der Waals surface area contributed by atoms with Crippen LogP contribution in [0.3, 0.4) is 0 Å². The highest BCUT2D eigenvalue weighted by molar-refractivity contribution is 7.19. The lowest BCUT2D eigenvalue weighted by atomic mass is 10.1. The Morgan fingerprint density at radius 2 is 2.20 bits per heavy atom. The van der Waals surface area contributed by atoms with Crippen LogP contribution in [0.1, 0.15) is 42.7 Å². The van der Waals surface area contributed by atoms with Crippen molar-refractivity contribution >= 4 is 27.1 Å². The molecule has 0 bridgehead atoms. The lowest BCUT2D eigenvalue weighted by Crippen LogP contribution is -2.25. The third-order valence-electron chi connectivity index (χ3n) is 3.74. The molecule has 106 valence electrons. The second-order valence-corrected chi connectivity index (χ2v) is 6.56. The lowest BCUT2D eigenvalue weighted by Gasteiger charge is -2.09. The van der Waals surface area contributed by atoms with Crippen LogP contribution in [0.2, 0.25) is 0 Å². The summed E-state index contributed by atoms with van der Waals surface area (Å²) in [4.78, 5) is 4.90. The molecule has 0 radical (unpaired) electrons. The van der Waals surface area contributed by atoms with E-state index in [2.05, 4.69) is 24.3 Å². The lowest BCUT2D eigenvalue weighted by molar-refractivity contribution is 0.343. The maximum absolute atomic E-state index is 5.78. The largest absolute Gasteiger partial charge is 0.269 e. The standard InChI is InChI=1S/C16H21N3S/c1-19(17)11-13-9-6-10-14-15(13)18-16(20-14)12-7-4-2-3-5-8-12/h6-7,9-10H,2-5,8,11,17H2,1H3. The van der Waals surface area contributed by atoms with Crippen molar-refractivity contribution in [1.82, 2.24) is 9.99 Å². The number of hydrogen-bond acceptors (Lipinski definition) is 4. The van der Waals surface area contributed by atoms with Gasteiger partial charge in [0.15, 0.2) is 0 Å². The first-order valence-electron chi connectivity index (χ1n) is 7.28. The average Bonchev–Trinajstić information content (AvgIpc) is 2.67. The van der Waals surface area contributed by atoms with Crippen molar-refractivity contribution in [2.75, 3.05) is 7.05 Å². The molecular weight excluding hydrogens is 266 g/mol. The van der Waals surface area contributed by atoms with Gasteiger partial charge in [0, 0.05) is 13.6 Å². The van der Waals surface area contributed by atoms with E-state index in [-0.39, 0.29) is 0 Å². The minimum absolute atomic E-state index is 0.736. The first-order valence-corrected chi connectivity index (χ1v) is 8.09. The monoisotopic (exact) mass is 287 g/mol. The Kier molecular flexibility index (Phi) is 4.15. The average molecular weight is 287 g/mol. The molecule has 1 aliphatic rings. The molecule has 1 aromatic carbocycles. The molecule has 0 amide bonds. The summed E-state index contributed by atoms with van der Waals surface area (Å²) in [5.41, 5.74) is 3.77. The maximum atomic E-state index is 5.78. The van der Waals surface area contributed by atoms with Crippen LogP contribution in [0.15, 0.2) is 24.3 Å². The molecule has 0 atom stereocenters. The molecule has 2 N–H and O–H groups in total. The summed E-state index contributed by atoms with van der Waals surface area (Å²) in [7, 11) is 1.89. The topological polar surface area (TPSA) is 42.1 Å². The Morgan fingerprint density at radius 3 is 3.05 bits per heavy atom. The zero-order valence-corrected chi connectivity index (χ0v) is 12.7. The Labute approximate surface area is 124 Å². The molecule has 1 heterocycles. The number of nitrogens with zero attached hydrogens (tertiary/aromatic N) is 2. The normalized spacial score (nSPS) is 16.4. The summed E-state index contributed by atoms with van der Waals surface area (Å²) in [6.07, 6.45) is 8.71. The van der Waals surface area contributed by atoms with E-state index in [1.807, 2.05) is 18.4 Å². The van der Waals surface area contributed by atoms with E-state index in [9.17, 15) is 0 Å². The van der Waals surface area contributed by atoms with Crippen molar-refractivity contribution in [3.63, 3.8) is 0 Å². The second-order valence-electron chi connectivity index (χ2n) is 5.53. The molecule has 0 saturated carbocycles. The first-order chi connectivity index (χ1) is 9.74. The summed E-state index contributed by atoms with van der Waals surface area (Å²) < 4.78 is 1.27. The highest BCUT2D eigenvalue weighted by atomic mass is 32.1. The van der Waals surface area contributed by atoms with E-state index >= 15 is 0 Å². The van der Waals surface area contributed by atoms with Gasteiger partial charge in [-0.2, -0.15) is 0 Å². The van der Waals surface area contributed by atoms with Crippen LogP contribution in [0.4, 0.5) is 0 Å². The minimum Gasteiger partial charge on any atom is -0.269 e. The van der Waals surface area contributed by atoms with Crippen LogP contribution in [-0.2, 0) is 6.54 Å². The van der Waals surface area contributed by atoms with Gasteiger partial charge in [-0.3, -0.25) is 5.84 Å². The molecule has 0 spiro atoms. The Bertz CT molecular complexity index is 628. The van der Waals surface area contributed by atoms with Crippen molar-refractivity contribution in [2.45, 2.75) is 38.6 Å². The number of rotatable bonds is 3. The molecule has 0 aliphatic heterocycles. The Hall–Kier alpha value is -1.23. The zero-order chi connectivity index (χ0) is 13.9. The van der Waals surface area contributed by atoms with Gasteiger partial charge in [0.2, 0.25) is 0 Å². The highest BCUT2D eigenvalue weighted by Crippen LogP contribution is 2.33. The van der Waals surface area contributed by atoms with Gasteiger partial charge >= 0.3 is 0 Å². The minimum atomic E-state index is 0.736. The van der Waals surface area contributed by atoms with Crippen molar-refractivity contribution in [3.05, 3.63) is 34.8 Å². The molecule has 1 aromatic heterocycles. The first kappa shape index (κ1) is 13.7. The van der Waals surface area contributed by atoms with Gasteiger partial charge in [0.1, 0.15) is 5.01 Å². The quantitative estimate of drug-likeness (QED) is 0.686. The molecule has 2 aromatic rings. The van der Waals surface area contributed by atoms with Gasteiger partial charge in [-0.25, -0.2) is 9.99 Å². The van der Waals surface area contributed by atoms with Gasteiger partial charge in [-0.1, -0.05) is 24.6 Å². The summed E-state index contributed by atoms with van der Waals surface area (Å²) >= 11 is 1.82. The molecule has 1 aliphatic carbocycles. The smallest absolute Gasteiger partial charge is 0.120 e. The molecular formula is C16H21N3S. The number of allylic oxidation sites excluding steroid dienone is 2. The third kappa shape index (κ3) is 2.92. The summed E-state index contributed by atoms with van der Waals surface area (Å²) in [5, 5.41) is 2.91. The third-order valence-corrected chi connectivity index (χ3v) is 4.83. The SMILES string of the molecule is CN(N)Cc1cccc2sc(C3=CCCCCC3)nc12. The number of para-hydroxylation sites is 1. The number of thiazole rings is 1. The molecule has 3 rings (SSSR count). The van der Waals surface area contributed by atoms with Gasteiger partial charge in [-0.15, -0.1) is 11.3 Å². The number of nitrogens with two attached hydrogens (primary N) is 1. The van der Waals surface area contributed by atoms with Crippen molar-refractivity contribution in [3.8, 4) is 0 Å². The van der Waals surface area contributed by atoms with Crippen LogP contribution in [0.25, 0.3) is 15.8 Å². The molecule has 20 heavy (non-hydrogen) atoms. The Balaban J connectivity index is 1.99. The van der Waals surface area contributed by atoms with E-state index < -0.39 is 0 Å². The Morgan fingerprint density at radius 1 is 1.30 bits per heavy atom. The number of aromatic nitrogens is 1. The fourth-order valence-corrected chi connectivity index (χ4v) is 3.83. The van der Waals surface area contributed by atoms with E-state index in [0.717, 1.165) is 12.1 Å². The van der Waals surface area contributed by atoms with E-state index in [4.69, 9.17) is 10.8 Å². The van der Waals surface area contributed by atoms with E-state index in [1.54, 1.807) is 5.01 Å². The van der Waals surface area contributed by atoms with Crippen molar-refractivity contribution in [1.29, 1.82) is 0 Å². The van der Waals surface area contributed by atoms with Gasteiger partial charge in [0.25, 0.3) is 0 Å². The number of hydrogen-bond donors (Lipinski definition) is 1. The summed E-state index contributed by atoms with van der Waals surface area (Å²) in [6, 6.07) is 6.38. The van der Waals surface area contributed by atoms with Crippen LogP contribution in [0.5, 0.6) is 0 Å². The zero-order valence-electron chi connectivity index (χ0n) is 11.9. The molecule has 3 nitrogen and oxygen atoms in total. The molecule has 4 heteroatoms.